The number of ether oxygens (including phenoxy) is 1. The third-order valence-electron chi connectivity index (χ3n) is 2.63. The van der Waals surface area contributed by atoms with E-state index in [0.717, 1.165) is 6.54 Å². The summed E-state index contributed by atoms with van der Waals surface area (Å²) in [7, 11) is 3.87. The second-order valence-electron chi connectivity index (χ2n) is 4.56. The lowest BCUT2D eigenvalue weighted by Gasteiger charge is -2.10. The van der Waals surface area contributed by atoms with Gasteiger partial charge in [0.05, 0.1) is 18.1 Å². The number of hydrogen-bond donors (Lipinski definition) is 1. The molecule has 0 heterocycles. The van der Waals surface area contributed by atoms with Gasteiger partial charge in [-0.25, -0.2) is 0 Å². The van der Waals surface area contributed by atoms with E-state index in [1.807, 2.05) is 19.0 Å². The quantitative estimate of drug-likeness (QED) is 0.447. The number of para-hydroxylation sites is 1. The summed E-state index contributed by atoms with van der Waals surface area (Å²) in [6, 6.07) is 4.24. The lowest BCUT2D eigenvalue weighted by molar-refractivity contribution is -0.385. The molecule has 0 aromatic heterocycles. The van der Waals surface area contributed by atoms with Crippen molar-refractivity contribution in [2.24, 2.45) is 0 Å². The first-order valence-electron chi connectivity index (χ1n) is 6.37. The number of halogens is 1. The fourth-order valence-electron chi connectivity index (χ4n) is 1.57. The van der Waals surface area contributed by atoms with Crippen LogP contribution in [0.5, 0.6) is 0 Å². The molecule has 1 aromatic rings. The zero-order chi connectivity index (χ0) is 15.8. The molecule has 0 unspecified atom stereocenters. The SMILES string of the molecule is CN(C)CCOCCNC(=O)c1cccc(Cl)c1[N+](=O)[O-]. The Morgan fingerprint density at radius 3 is 2.76 bits per heavy atom. The molecule has 0 saturated carbocycles. The molecule has 0 spiro atoms. The fourth-order valence-corrected chi connectivity index (χ4v) is 1.81. The zero-order valence-corrected chi connectivity index (χ0v) is 12.7. The van der Waals surface area contributed by atoms with Crippen LogP contribution in [0.3, 0.4) is 0 Å². The molecule has 0 radical (unpaired) electrons. The topological polar surface area (TPSA) is 84.7 Å². The van der Waals surface area contributed by atoms with Gasteiger partial charge in [0, 0.05) is 13.1 Å². The standard InChI is InChI=1S/C13H18ClN3O4/c1-16(2)7-9-21-8-6-15-13(18)10-4-3-5-11(14)12(10)17(19)20/h3-5H,6-9H2,1-2H3,(H,15,18). The minimum Gasteiger partial charge on any atom is -0.378 e. The number of amides is 1. The average molecular weight is 316 g/mol. The Hall–Kier alpha value is -1.70. The van der Waals surface area contributed by atoms with Crippen LogP contribution in [0.15, 0.2) is 18.2 Å². The van der Waals surface area contributed by atoms with Crippen LogP contribution >= 0.6 is 11.6 Å². The third-order valence-corrected chi connectivity index (χ3v) is 2.93. The van der Waals surface area contributed by atoms with Gasteiger partial charge in [0.15, 0.2) is 0 Å². The summed E-state index contributed by atoms with van der Waals surface area (Å²) in [5.41, 5.74) is -0.439. The molecule has 1 aromatic carbocycles. The van der Waals surface area contributed by atoms with E-state index in [2.05, 4.69) is 5.32 Å². The van der Waals surface area contributed by atoms with E-state index in [4.69, 9.17) is 16.3 Å². The van der Waals surface area contributed by atoms with Crippen LogP contribution in [0.25, 0.3) is 0 Å². The monoisotopic (exact) mass is 315 g/mol. The summed E-state index contributed by atoms with van der Waals surface area (Å²) in [6.07, 6.45) is 0. The van der Waals surface area contributed by atoms with Crippen LogP contribution in [0.2, 0.25) is 5.02 Å². The molecular weight excluding hydrogens is 298 g/mol. The van der Waals surface area contributed by atoms with E-state index in [9.17, 15) is 14.9 Å². The van der Waals surface area contributed by atoms with Crippen LogP contribution in [-0.4, -0.2) is 56.1 Å². The molecule has 21 heavy (non-hydrogen) atoms. The van der Waals surface area contributed by atoms with Crippen LogP contribution in [0, 0.1) is 10.1 Å². The maximum atomic E-state index is 11.9. The van der Waals surface area contributed by atoms with Gasteiger partial charge in [-0.2, -0.15) is 0 Å². The lowest BCUT2D eigenvalue weighted by Crippen LogP contribution is -2.28. The molecule has 0 atom stereocenters. The fraction of sp³-hybridized carbons (Fsp3) is 0.462. The normalized spacial score (nSPS) is 10.7. The highest BCUT2D eigenvalue weighted by Crippen LogP contribution is 2.27. The molecule has 1 N–H and O–H groups in total. The Balaban J connectivity index is 2.50. The van der Waals surface area contributed by atoms with Crippen molar-refractivity contribution in [3.8, 4) is 0 Å². The van der Waals surface area contributed by atoms with Crippen LogP contribution in [-0.2, 0) is 4.74 Å². The van der Waals surface area contributed by atoms with E-state index in [0.29, 0.717) is 13.2 Å². The predicted molar refractivity (Wildman–Crippen MR) is 79.8 cm³/mol. The van der Waals surface area contributed by atoms with Crippen molar-refractivity contribution in [2.45, 2.75) is 0 Å². The van der Waals surface area contributed by atoms with Crippen molar-refractivity contribution in [3.63, 3.8) is 0 Å². The summed E-state index contributed by atoms with van der Waals surface area (Å²) in [5.74, 6) is -0.541. The van der Waals surface area contributed by atoms with Gasteiger partial charge in [-0.1, -0.05) is 17.7 Å². The maximum absolute atomic E-state index is 11.9. The van der Waals surface area contributed by atoms with E-state index in [1.165, 1.54) is 18.2 Å². The van der Waals surface area contributed by atoms with Crippen LogP contribution in [0.4, 0.5) is 5.69 Å². The molecule has 1 amide bonds. The van der Waals surface area contributed by atoms with Crippen molar-refractivity contribution in [1.29, 1.82) is 0 Å². The second-order valence-corrected chi connectivity index (χ2v) is 4.97. The molecule has 0 aliphatic heterocycles. The van der Waals surface area contributed by atoms with Crippen LogP contribution in [0.1, 0.15) is 10.4 Å². The Bertz CT molecular complexity index is 508. The van der Waals surface area contributed by atoms with E-state index >= 15 is 0 Å². The number of carbonyl (C=O) groups excluding carboxylic acids is 1. The summed E-state index contributed by atoms with van der Waals surface area (Å²) in [4.78, 5) is 24.2. The number of nitro benzene ring substituents is 1. The van der Waals surface area contributed by atoms with Crippen molar-refractivity contribution >= 4 is 23.2 Å². The molecule has 7 nitrogen and oxygen atoms in total. The summed E-state index contributed by atoms with van der Waals surface area (Å²) < 4.78 is 5.32. The Kier molecular flexibility index (Phi) is 7.07. The number of rotatable bonds is 8. The molecule has 0 fully saturated rings. The Labute approximate surface area is 128 Å². The molecule has 8 heteroatoms. The van der Waals surface area contributed by atoms with Gasteiger partial charge in [-0.05, 0) is 26.2 Å². The number of nitrogens with one attached hydrogen (secondary N) is 1. The van der Waals surface area contributed by atoms with E-state index in [-0.39, 0.29) is 22.8 Å². The predicted octanol–water partition coefficient (Wildman–Crippen LogP) is 1.56. The first-order chi connectivity index (χ1) is 9.93. The molecule has 0 aliphatic carbocycles. The minimum absolute atomic E-state index is 0.0548. The van der Waals surface area contributed by atoms with Gasteiger partial charge in [-0.3, -0.25) is 14.9 Å². The molecule has 116 valence electrons. The zero-order valence-electron chi connectivity index (χ0n) is 12.0. The molecular formula is C13H18ClN3O4. The second kappa shape index (κ2) is 8.56. The third kappa shape index (κ3) is 5.66. The molecule has 0 bridgehead atoms. The van der Waals surface area contributed by atoms with Crippen molar-refractivity contribution < 1.29 is 14.5 Å². The number of nitro groups is 1. The highest BCUT2D eigenvalue weighted by Gasteiger charge is 2.23. The number of nitrogens with zero attached hydrogens (tertiary/aromatic N) is 2. The highest BCUT2D eigenvalue weighted by molar-refractivity contribution is 6.33. The molecule has 0 saturated heterocycles. The van der Waals surface area contributed by atoms with Gasteiger partial charge >= 0.3 is 5.69 Å². The lowest BCUT2D eigenvalue weighted by atomic mass is 10.1. The number of benzene rings is 1. The van der Waals surface area contributed by atoms with Gasteiger partial charge < -0.3 is 15.0 Å². The van der Waals surface area contributed by atoms with Gasteiger partial charge in [-0.15, -0.1) is 0 Å². The number of carbonyl (C=O) groups is 1. The highest BCUT2D eigenvalue weighted by atomic mass is 35.5. The summed E-state index contributed by atoms with van der Waals surface area (Å²) >= 11 is 5.75. The van der Waals surface area contributed by atoms with Crippen molar-refractivity contribution in [2.75, 3.05) is 40.4 Å². The maximum Gasteiger partial charge on any atom is 0.300 e. The van der Waals surface area contributed by atoms with Gasteiger partial charge in [0.25, 0.3) is 5.91 Å². The molecule has 1 rings (SSSR count). The number of hydrogen-bond acceptors (Lipinski definition) is 5. The minimum atomic E-state index is -0.662. The van der Waals surface area contributed by atoms with Crippen LogP contribution < -0.4 is 5.32 Å². The summed E-state index contributed by atoms with van der Waals surface area (Å²) in [5, 5.41) is 13.4. The Morgan fingerprint density at radius 2 is 2.14 bits per heavy atom. The first-order valence-corrected chi connectivity index (χ1v) is 6.75. The Morgan fingerprint density at radius 1 is 1.43 bits per heavy atom. The van der Waals surface area contributed by atoms with Gasteiger partial charge in [0.2, 0.25) is 0 Å². The van der Waals surface area contributed by atoms with Crippen molar-refractivity contribution in [3.05, 3.63) is 38.9 Å². The summed E-state index contributed by atoms with van der Waals surface area (Å²) in [6.45, 7) is 1.96. The van der Waals surface area contributed by atoms with Crippen molar-refractivity contribution in [1.82, 2.24) is 10.2 Å². The number of likely N-dealkylation sites (N-methyl/N-ethyl adjacent to an activating group) is 1. The molecule has 0 aliphatic rings. The largest absolute Gasteiger partial charge is 0.378 e. The van der Waals surface area contributed by atoms with E-state index < -0.39 is 10.8 Å². The first kappa shape index (κ1) is 17.4. The average Bonchev–Trinajstić information content (AvgIpc) is 2.41. The van der Waals surface area contributed by atoms with E-state index in [1.54, 1.807) is 0 Å². The smallest absolute Gasteiger partial charge is 0.300 e. The van der Waals surface area contributed by atoms with Gasteiger partial charge in [0.1, 0.15) is 10.6 Å².